The van der Waals surface area contributed by atoms with E-state index in [9.17, 15) is 14.7 Å². The van der Waals surface area contributed by atoms with Gasteiger partial charge in [0, 0.05) is 18.2 Å². The Morgan fingerprint density at radius 1 is 0.931 bits per heavy atom. The normalized spacial score (nSPS) is 18.1. The molecule has 0 fully saturated rings. The minimum absolute atomic E-state index is 0.260. The van der Waals surface area contributed by atoms with Crippen LogP contribution >= 0.6 is 0 Å². The number of amides is 1. The number of nitrogens with zero attached hydrogens (tertiary/aromatic N) is 1. The highest BCUT2D eigenvalue weighted by Gasteiger charge is 2.45. The molecule has 1 aliphatic rings. The van der Waals surface area contributed by atoms with E-state index in [4.69, 9.17) is 18.9 Å². The maximum Gasteiger partial charge on any atom is 0.313 e. The molecule has 29 heavy (non-hydrogen) atoms. The number of rotatable bonds is 6. The molecule has 154 valence electrons. The van der Waals surface area contributed by atoms with Gasteiger partial charge >= 0.3 is 5.97 Å². The number of para-hydroxylation sites is 1. The Balaban J connectivity index is 2.29. The van der Waals surface area contributed by atoms with E-state index in [-0.39, 0.29) is 11.5 Å². The smallest absolute Gasteiger partial charge is 0.313 e. The predicted octanol–water partition coefficient (Wildman–Crippen LogP) is 2.72. The second-order valence-corrected chi connectivity index (χ2v) is 6.55. The van der Waals surface area contributed by atoms with Crippen molar-refractivity contribution in [2.75, 3.05) is 35.5 Å². The number of carboxylic acids is 1. The zero-order valence-electron chi connectivity index (χ0n) is 16.9. The second-order valence-electron chi connectivity index (χ2n) is 6.55. The topological polar surface area (TPSA) is 94.5 Å². The molecule has 0 saturated heterocycles. The first-order valence-electron chi connectivity index (χ1n) is 8.86. The van der Waals surface area contributed by atoms with Gasteiger partial charge in [0.05, 0.1) is 34.5 Å². The van der Waals surface area contributed by atoms with Gasteiger partial charge in [-0.05, 0) is 23.8 Å². The summed E-state index contributed by atoms with van der Waals surface area (Å²) in [5.41, 5.74) is 1.15. The first kappa shape index (κ1) is 20.3. The molecule has 0 saturated carbocycles. The maximum atomic E-state index is 13.2. The molecule has 2 aromatic rings. The molecular weight excluding hydrogens is 378 g/mol. The first-order valence-corrected chi connectivity index (χ1v) is 8.86. The van der Waals surface area contributed by atoms with Gasteiger partial charge in [-0.1, -0.05) is 12.1 Å². The number of methoxy groups -OCH3 is 4. The van der Waals surface area contributed by atoms with Crippen molar-refractivity contribution in [3.05, 3.63) is 47.0 Å². The molecule has 0 aliphatic carbocycles. The van der Waals surface area contributed by atoms with Crippen LogP contribution in [-0.4, -0.2) is 57.4 Å². The average Bonchev–Trinajstić information content (AvgIpc) is 2.74. The molecule has 1 amide bonds. The van der Waals surface area contributed by atoms with Crippen LogP contribution in [0, 0.1) is 0 Å². The van der Waals surface area contributed by atoms with Crippen LogP contribution in [0.3, 0.4) is 0 Å². The minimum atomic E-state index is -1.08. The van der Waals surface area contributed by atoms with Gasteiger partial charge in [-0.25, -0.2) is 0 Å². The second kappa shape index (κ2) is 7.90. The van der Waals surface area contributed by atoms with Gasteiger partial charge in [0.1, 0.15) is 5.92 Å². The minimum Gasteiger partial charge on any atom is -0.493 e. The van der Waals surface area contributed by atoms with E-state index < -0.39 is 17.9 Å². The van der Waals surface area contributed by atoms with Crippen LogP contribution in [0.4, 0.5) is 0 Å². The van der Waals surface area contributed by atoms with Gasteiger partial charge in [0.25, 0.3) is 5.91 Å². The quantitative estimate of drug-likeness (QED) is 0.795. The third-order valence-electron chi connectivity index (χ3n) is 5.19. The summed E-state index contributed by atoms with van der Waals surface area (Å²) < 4.78 is 21.5. The lowest BCUT2D eigenvalue weighted by Gasteiger charge is -2.39. The highest BCUT2D eigenvalue weighted by atomic mass is 16.5. The Bertz CT molecular complexity index is 956. The summed E-state index contributed by atoms with van der Waals surface area (Å²) >= 11 is 0. The zero-order valence-corrected chi connectivity index (χ0v) is 16.9. The number of carbonyl (C=O) groups excluding carboxylic acids is 1. The first-order chi connectivity index (χ1) is 13.9. The van der Waals surface area contributed by atoms with Crippen molar-refractivity contribution in [3.8, 4) is 23.0 Å². The van der Waals surface area contributed by atoms with Crippen molar-refractivity contribution < 1.29 is 33.6 Å². The van der Waals surface area contributed by atoms with Crippen LogP contribution in [0.5, 0.6) is 23.0 Å². The summed E-state index contributed by atoms with van der Waals surface area (Å²) in [6.07, 6.45) is 0. The molecule has 1 heterocycles. The lowest BCUT2D eigenvalue weighted by atomic mass is 9.79. The number of ether oxygens (including phenoxy) is 4. The highest BCUT2D eigenvalue weighted by molar-refractivity contribution is 6.01. The van der Waals surface area contributed by atoms with E-state index in [2.05, 4.69) is 0 Å². The third kappa shape index (κ3) is 3.20. The number of carboxylic acid groups (broad SMARTS) is 1. The molecule has 3 rings (SSSR count). The SMILES string of the molecule is COc1cc2c(cc1OC)C(C(=O)O)C(c1cccc(OC)c1OC)N(C)C2=O. The van der Waals surface area contributed by atoms with Crippen molar-refractivity contribution in [3.63, 3.8) is 0 Å². The summed E-state index contributed by atoms with van der Waals surface area (Å²) in [5, 5.41) is 10.1. The summed E-state index contributed by atoms with van der Waals surface area (Å²) in [5.74, 6) is -0.904. The molecule has 0 spiro atoms. The Morgan fingerprint density at radius 2 is 1.55 bits per heavy atom. The summed E-state index contributed by atoms with van der Waals surface area (Å²) in [6, 6.07) is 7.44. The number of likely N-dealkylation sites (N-methyl/N-ethyl adjacent to an activating group) is 1. The van der Waals surface area contributed by atoms with Gasteiger partial charge < -0.3 is 29.0 Å². The molecule has 8 nitrogen and oxygen atoms in total. The van der Waals surface area contributed by atoms with E-state index in [0.717, 1.165) is 0 Å². The standard InChI is InChI=1S/C21H23NO7/c1-22-18(11-7-6-8-14(26-2)19(11)29-5)17(21(24)25)12-9-15(27-3)16(28-4)10-13(12)20(22)23/h6-10,17-18H,1-5H3,(H,24,25). The van der Waals surface area contributed by atoms with Crippen LogP contribution in [-0.2, 0) is 4.79 Å². The van der Waals surface area contributed by atoms with Gasteiger partial charge in [-0.2, -0.15) is 0 Å². The summed E-state index contributed by atoms with van der Waals surface area (Å²) in [6.45, 7) is 0. The number of benzene rings is 2. The summed E-state index contributed by atoms with van der Waals surface area (Å²) in [7, 11) is 7.46. The Kier molecular flexibility index (Phi) is 5.54. The molecule has 1 aliphatic heterocycles. The molecule has 2 atom stereocenters. The number of hydrogen-bond acceptors (Lipinski definition) is 6. The maximum absolute atomic E-state index is 13.2. The zero-order chi connectivity index (χ0) is 21.3. The van der Waals surface area contributed by atoms with Crippen LogP contribution in [0.2, 0.25) is 0 Å². The third-order valence-corrected chi connectivity index (χ3v) is 5.19. The molecule has 8 heteroatoms. The van der Waals surface area contributed by atoms with Gasteiger partial charge in [0.2, 0.25) is 0 Å². The predicted molar refractivity (Wildman–Crippen MR) is 104 cm³/mol. The average molecular weight is 401 g/mol. The molecule has 1 N–H and O–H groups in total. The van der Waals surface area contributed by atoms with Crippen molar-refractivity contribution >= 4 is 11.9 Å². The van der Waals surface area contributed by atoms with E-state index in [0.29, 0.717) is 34.1 Å². The largest absolute Gasteiger partial charge is 0.493 e. The van der Waals surface area contributed by atoms with Gasteiger partial charge in [0.15, 0.2) is 23.0 Å². The Morgan fingerprint density at radius 3 is 2.10 bits per heavy atom. The van der Waals surface area contributed by atoms with Crippen molar-refractivity contribution in [2.45, 2.75) is 12.0 Å². The lowest BCUT2D eigenvalue weighted by Crippen LogP contribution is -2.42. The van der Waals surface area contributed by atoms with Crippen LogP contribution in [0.15, 0.2) is 30.3 Å². The van der Waals surface area contributed by atoms with Gasteiger partial charge in [-0.3, -0.25) is 9.59 Å². The van der Waals surface area contributed by atoms with Crippen molar-refractivity contribution in [1.82, 2.24) is 4.90 Å². The molecule has 0 radical (unpaired) electrons. The van der Waals surface area contributed by atoms with E-state index >= 15 is 0 Å². The molecular formula is C21H23NO7. The van der Waals surface area contributed by atoms with Crippen LogP contribution in [0.1, 0.15) is 33.4 Å². The lowest BCUT2D eigenvalue weighted by molar-refractivity contribution is -0.140. The van der Waals surface area contributed by atoms with Crippen molar-refractivity contribution in [1.29, 1.82) is 0 Å². The van der Waals surface area contributed by atoms with Gasteiger partial charge in [-0.15, -0.1) is 0 Å². The number of fused-ring (bicyclic) bond motifs is 1. The monoisotopic (exact) mass is 401 g/mol. The molecule has 0 aromatic heterocycles. The highest BCUT2D eigenvalue weighted by Crippen LogP contribution is 2.48. The molecule has 0 bridgehead atoms. The Hall–Kier alpha value is -3.42. The summed E-state index contributed by atoms with van der Waals surface area (Å²) in [4.78, 5) is 26.9. The van der Waals surface area contributed by atoms with E-state index in [1.807, 2.05) is 0 Å². The fraction of sp³-hybridized carbons (Fsp3) is 0.333. The fourth-order valence-electron chi connectivity index (χ4n) is 3.85. The number of hydrogen-bond donors (Lipinski definition) is 1. The van der Waals surface area contributed by atoms with Crippen molar-refractivity contribution in [2.24, 2.45) is 0 Å². The van der Waals surface area contributed by atoms with E-state index in [1.54, 1.807) is 31.3 Å². The Labute approximate surface area is 168 Å². The van der Waals surface area contributed by atoms with Crippen LogP contribution < -0.4 is 18.9 Å². The van der Waals surface area contributed by atoms with E-state index in [1.165, 1.54) is 39.4 Å². The number of carbonyl (C=O) groups is 2. The van der Waals surface area contributed by atoms with Crippen LogP contribution in [0.25, 0.3) is 0 Å². The molecule has 2 aromatic carbocycles. The number of aliphatic carboxylic acids is 1. The fourth-order valence-corrected chi connectivity index (χ4v) is 3.85. The molecule has 2 unspecified atom stereocenters.